The Balaban J connectivity index is 3.08. The molecule has 0 aliphatic rings. The third-order valence-electron chi connectivity index (χ3n) is 2.90. The zero-order chi connectivity index (χ0) is 13.9. The van der Waals surface area contributed by atoms with E-state index in [-0.39, 0.29) is 29.9 Å². The minimum atomic E-state index is -0.529. The van der Waals surface area contributed by atoms with Crippen molar-refractivity contribution in [2.45, 2.75) is 26.4 Å². The van der Waals surface area contributed by atoms with Gasteiger partial charge in [-0.2, -0.15) is 0 Å². The van der Waals surface area contributed by atoms with Crippen molar-refractivity contribution in [2.75, 3.05) is 13.7 Å². The second-order valence-electron chi connectivity index (χ2n) is 4.07. The smallest absolute Gasteiger partial charge is 0.287 e. The highest BCUT2D eigenvalue weighted by Gasteiger charge is 2.23. The van der Waals surface area contributed by atoms with Crippen LogP contribution in [0.4, 0.5) is 5.69 Å². The van der Waals surface area contributed by atoms with Crippen molar-refractivity contribution < 1.29 is 14.8 Å². The maximum Gasteiger partial charge on any atom is 0.287 e. The number of nitro groups is 1. The van der Waals surface area contributed by atoms with E-state index in [9.17, 15) is 14.9 Å². The lowest BCUT2D eigenvalue weighted by molar-refractivity contribution is -0.384. The Hall–Kier alpha value is -1.89. The largest absolute Gasteiger partial charge is 0.394 e. The fourth-order valence-electron chi connectivity index (χ4n) is 1.54. The molecule has 0 aromatic carbocycles. The van der Waals surface area contributed by atoms with E-state index in [0.717, 1.165) is 0 Å². The van der Waals surface area contributed by atoms with Crippen LogP contribution in [0, 0.1) is 10.1 Å². The van der Waals surface area contributed by atoms with Crippen LogP contribution in [0.3, 0.4) is 0 Å². The Kier molecular flexibility index (Phi) is 4.43. The van der Waals surface area contributed by atoms with Crippen LogP contribution in [0.5, 0.6) is 0 Å². The third kappa shape index (κ3) is 2.67. The van der Waals surface area contributed by atoms with E-state index >= 15 is 0 Å². The lowest BCUT2D eigenvalue weighted by atomic mass is 10.2. The lowest BCUT2D eigenvalue weighted by Crippen LogP contribution is -2.38. The first kappa shape index (κ1) is 14.2. The first-order valence-corrected chi connectivity index (χ1v) is 5.64. The summed E-state index contributed by atoms with van der Waals surface area (Å²) in [4.78, 5) is 23.7. The minimum absolute atomic E-state index is 0.106. The molecule has 0 radical (unpaired) electrons. The highest BCUT2D eigenvalue weighted by molar-refractivity contribution is 5.93. The molecular formula is C11H17N3O4. The molecule has 0 saturated heterocycles. The number of carbonyl (C=O) groups is 1. The summed E-state index contributed by atoms with van der Waals surface area (Å²) in [5, 5.41) is 19.7. The normalized spacial score (nSPS) is 12.2. The summed E-state index contributed by atoms with van der Waals surface area (Å²) >= 11 is 0. The van der Waals surface area contributed by atoms with Gasteiger partial charge in [0.15, 0.2) is 0 Å². The third-order valence-corrected chi connectivity index (χ3v) is 2.90. The molecule has 0 aliphatic heterocycles. The van der Waals surface area contributed by atoms with Crippen LogP contribution in [0.25, 0.3) is 0 Å². The number of aliphatic hydroxyl groups excluding tert-OH is 1. The predicted molar refractivity (Wildman–Crippen MR) is 65.4 cm³/mol. The van der Waals surface area contributed by atoms with Gasteiger partial charge >= 0.3 is 0 Å². The van der Waals surface area contributed by atoms with Gasteiger partial charge in [0.25, 0.3) is 11.6 Å². The molecule has 1 rings (SSSR count). The monoisotopic (exact) mass is 255 g/mol. The number of aryl methyl sites for hydroxylation is 1. The van der Waals surface area contributed by atoms with E-state index in [2.05, 4.69) is 0 Å². The molecule has 7 nitrogen and oxygen atoms in total. The van der Waals surface area contributed by atoms with Crippen LogP contribution in [-0.2, 0) is 6.54 Å². The predicted octanol–water partition coefficient (Wildman–Crippen LogP) is 0.869. The Morgan fingerprint density at radius 3 is 2.72 bits per heavy atom. The van der Waals surface area contributed by atoms with Crippen LogP contribution in [0.1, 0.15) is 24.3 Å². The topological polar surface area (TPSA) is 88.6 Å². The second-order valence-corrected chi connectivity index (χ2v) is 4.07. The van der Waals surface area contributed by atoms with E-state index in [1.807, 2.05) is 0 Å². The minimum Gasteiger partial charge on any atom is -0.394 e. The SMILES string of the molecule is CCn1cc([N+](=O)[O-])cc1C(=O)N(C)C(C)CO. The molecule has 1 unspecified atom stereocenters. The molecule has 1 aromatic rings. The van der Waals surface area contributed by atoms with Gasteiger partial charge in [0.1, 0.15) is 5.69 Å². The molecule has 1 amide bonds. The molecule has 1 aromatic heterocycles. The fraction of sp³-hybridized carbons (Fsp3) is 0.545. The van der Waals surface area contributed by atoms with Crippen LogP contribution < -0.4 is 0 Å². The maximum atomic E-state index is 12.1. The Morgan fingerprint density at radius 1 is 1.67 bits per heavy atom. The molecule has 0 spiro atoms. The van der Waals surface area contributed by atoms with Crippen molar-refractivity contribution >= 4 is 11.6 Å². The molecule has 1 heterocycles. The lowest BCUT2D eigenvalue weighted by Gasteiger charge is -2.23. The molecule has 100 valence electrons. The quantitative estimate of drug-likeness (QED) is 0.624. The second kappa shape index (κ2) is 5.63. The number of aromatic nitrogens is 1. The van der Waals surface area contributed by atoms with Gasteiger partial charge in [0.2, 0.25) is 0 Å². The number of hydrogen-bond acceptors (Lipinski definition) is 4. The Bertz CT molecular complexity index is 455. The average Bonchev–Trinajstić information content (AvgIpc) is 2.80. The van der Waals surface area contributed by atoms with Gasteiger partial charge in [0.05, 0.1) is 23.8 Å². The molecule has 0 aliphatic carbocycles. The average molecular weight is 255 g/mol. The van der Waals surface area contributed by atoms with Crippen LogP contribution in [-0.4, -0.2) is 45.1 Å². The van der Waals surface area contributed by atoms with Crippen molar-refractivity contribution in [1.82, 2.24) is 9.47 Å². The first-order valence-electron chi connectivity index (χ1n) is 5.64. The summed E-state index contributed by atoms with van der Waals surface area (Å²) in [7, 11) is 1.56. The Labute approximate surface area is 105 Å². The Morgan fingerprint density at radius 2 is 2.28 bits per heavy atom. The number of amides is 1. The van der Waals surface area contributed by atoms with Crippen molar-refractivity contribution in [1.29, 1.82) is 0 Å². The standard InChI is InChI=1S/C11H17N3O4/c1-4-13-6-9(14(17)18)5-10(13)11(16)12(3)8(2)7-15/h5-6,8,15H,4,7H2,1-3H3. The molecule has 1 atom stereocenters. The number of carbonyl (C=O) groups excluding carboxylic acids is 1. The van der Waals surface area contributed by atoms with Crippen molar-refractivity contribution in [2.24, 2.45) is 0 Å². The van der Waals surface area contributed by atoms with Gasteiger partial charge in [-0.3, -0.25) is 14.9 Å². The molecule has 18 heavy (non-hydrogen) atoms. The summed E-state index contributed by atoms with van der Waals surface area (Å²) in [5.41, 5.74) is 0.150. The summed E-state index contributed by atoms with van der Waals surface area (Å²) in [6.45, 7) is 3.81. The van der Waals surface area contributed by atoms with E-state index < -0.39 is 4.92 Å². The van der Waals surface area contributed by atoms with Gasteiger partial charge in [-0.05, 0) is 13.8 Å². The molecule has 0 saturated carbocycles. The van der Waals surface area contributed by atoms with Crippen LogP contribution >= 0.6 is 0 Å². The van der Waals surface area contributed by atoms with E-state index in [1.54, 1.807) is 20.9 Å². The van der Waals surface area contributed by atoms with Crippen LogP contribution in [0.2, 0.25) is 0 Å². The van der Waals surface area contributed by atoms with Crippen molar-refractivity contribution in [3.63, 3.8) is 0 Å². The van der Waals surface area contributed by atoms with E-state index in [1.165, 1.54) is 21.7 Å². The van der Waals surface area contributed by atoms with E-state index in [0.29, 0.717) is 6.54 Å². The van der Waals surface area contributed by atoms with Crippen molar-refractivity contribution in [3.05, 3.63) is 28.1 Å². The summed E-state index contributed by atoms with van der Waals surface area (Å²) < 4.78 is 1.53. The maximum absolute atomic E-state index is 12.1. The van der Waals surface area contributed by atoms with Gasteiger partial charge in [0, 0.05) is 19.7 Å². The number of rotatable bonds is 5. The molecule has 7 heteroatoms. The summed E-state index contributed by atoms with van der Waals surface area (Å²) in [6, 6.07) is 0.920. The fourth-order valence-corrected chi connectivity index (χ4v) is 1.54. The first-order chi connectivity index (χ1) is 8.42. The van der Waals surface area contributed by atoms with Crippen molar-refractivity contribution in [3.8, 4) is 0 Å². The van der Waals surface area contributed by atoms with Gasteiger partial charge in [-0.15, -0.1) is 0 Å². The molecule has 1 N–H and O–H groups in total. The summed E-state index contributed by atoms with van der Waals surface area (Å²) in [5.74, 6) is -0.341. The number of nitrogens with zero attached hydrogens (tertiary/aromatic N) is 3. The van der Waals surface area contributed by atoms with Gasteiger partial charge in [-0.25, -0.2) is 0 Å². The highest BCUT2D eigenvalue weighted by atomic mass is 16.6. The number of aliphatic hydroxyl groups is 1. The van der Waals surface area contributed by atoms with Crippen LogP contribution in [0.15, 0.2) is 12.3 Å². The number of likely N-dealkylation sites (N-methyl/N-ethyl adjacent to an activating group) is 1. The van der Waals surface area contributed by atoms with Gasteiger partial charge < -0.3 is 14.6 Å². The van der Waals surface area contributed by atoms with Gasteiger partial charge in [-0.1, -0.05) is 0 Å². The molecular weight excluding hydrogens is 238 g/mol. The summed E-state index contributed by atoms with van der Waals surface area (Å²) in [6.07, 6.45) is 1.34. The highest BCUT2D eigenvalue weighted by Crippen LogP contribution is 2.18. The molecule has 0 bridgehead atoms. The molecule has 0 fully saturated rings. The zero-order valence-corrected chi connectivity index (χ0v) is 10.7. The number of hydrogen-bond donors (Lipinski definition) is 1. The van der Waals surface area contributed by atoms with E-state index in [4.69, 9.17) is 5.11 Å². The zero-order valence-electron chi connectivity index (χ0n) is 10.7.